The summed E-state index contributed by atoms with van der Waals surface area (Å²) in [6.07, 6.45) is 1.82. The maximum Gasteiger partial charge on any atom is 0.179 e. The van der Waals surface area contributed by atoms with Gasteiger partial charge in [-0.05, 0) is 19.1 Å². The van der Waals surface area contributed by atoms with Crippen LogP contribution in [-0.4, -0.2) is 39.2 Å². The first-order valence-corrected chi connectivity index (χ1v) is 8.15. The van der Waals surface area contributed by atoms with Gasteiger partial charge in [-0.3, -0.25) is 0 Å². The highest BCUT2D eigenvalue weighted by Crippen LogP contribution is 2.28. The number of imidazole rings is 1. The number of aryl methyl sites for hydroxylation is 2. The molecule has 1 unspecified atom stereocenters. The van der Waals surface area contributed by atoms with E-state index in [2.05, 4.69) is 37.4 Å². The van der Waals surface area contributed by atoms with E-state index in [-0.39, 0.29) is 6.10 Å². The van der Waals surface area contributed by atoms with Gasteiger partial charge in [-0.2, -0.15) is 0 Å². The van der Waals surface area contributed by atoms with Crippen LogP contribution in [0.1, 0.15) is 16.8 Å². The lowest BCUT2D eigenvalue weighted by Gasteiger charge is -2.32. The molecule has 4 heterocycles. The fourth-order valence-corrected chi connectivity index (χ4v) is 3.54. The van der Waals surface area contributed by atoms with Crippen LogP contribution in [-0.2, 0) is 11.8 Å². The molecule has 1 aliphatic rings. The van der Waals surface area contributed by atoms with Crippen LogP contribution in [0.15, 0.2) is 23.8 Å². The maximum atomic E-state index is 5.88. The quantitative estimate of drug-likeness (QED) is 0.726. The lowest BCUT2D eigenvalue weighted by atomic mass is 10.2. The Kier molecular flexibility index (Phi) is 3.31. The van der Waals surface area contributed by atoms with Gasteiger partial charge >= 0.3 is 0 Å². The average Bonchev–Trinajstić information content (AvgIpc) is 3.14. The summed E-state index contributed by atoms with van der Waals surface area (Å²) in [6, 6.07) is 4.13. The minimum Gasteiger partial charge on any atom is -0.367 e. The molecule has 3 aromatic heterocycles. The normalized spacial score (nSPS) is 19.0. The Hall–Kier alpha value is -1.99. The molecule has 114 valence electrons. The first kappa shape index (κ1) is 13.7. The van der Waals surface area contributed by atoms with E-state index in [1.54, 1.807) is 17.7 Å². The van der Waals surface area contributed by atoms with Crippen LogP contribution in [0.4, 0.5) is 5.82 Å². The number of fused-ring (bicyclic) bond motifs is 1. The summed E-state index contributed by atoms with van der Waals surface area (Å²) in [5, 5.41) is 3.11. The van der Waals surface area contributed by atoms with Crippen LogP contribution in [0.5, 0.6) is 0 Å². The molecular weight excluding hydrogens is 298 g/mol. The van der Waals surface area contributed by atoms with Crippen molar-refractivity contribution in [1.82, 2.24) is 19.5 Å². The maximum absolute atomic E-state index is 5.88. The van der Waals surface area contributed by atoms with Crippen molar-refractivity contribution in [1.29, 1.82) is 0 Å². The van der Waals surface area contributed by atoms with Crippen molar-refractivity contribution >= 4 is 28.3 Å². The Morgan fingerprint density at radius 1 is 1.32 bits per heavy atom. The van der Waals surface area contributed by atoms with E-state index < -0.39 is 0 Å². The molecular formula is C15H17N5OS. The minimum absolute atomic E-state index is 0.0219. The standard InChI is InChI=1S/C15H17N5OS/c1-10-8-22-15(17-10)12-7-20(5-6-21-12)13-4-3-11-14(18-13)16-9-19(11)2/h3-4,8-9,12H,5-7H2,1-2H3. The van der Waals surface area contributed by atoms with Gasteiger partial charge in [-0.25, -0.2) is 15.0 Å². The number of nitrogens with zero attached hydrogens (tertiary/aromatic N) is 5. The Morgan fingerprint density at radius 3 is 3.05 bits per heavy atom. The molecule has 22 heavy (non-hydrogen) atoms. The first-order chi connectivity index (χ1) is 10.7. The third-order valence-electron chi connectivity index (χ3n) is 3.88. The SMILES string of the molecule is Cc1csc(C2CN(c3ccc4c(ncn4C)n3)CCO2)n1. The second kappa shape index (κ2) is 5.33. The molecule has 6 nitrogen and oxygen atoms in total. The third-order valence-corrected chi connectivity index (χ3v) is 4.93. The van der Waals surface area contributed by atoms with E-state index in [9.17, 15) is 0 Å². The summed E-state index contributed by atoms with van der Waals surface area (Å²) in [7, 11) is 1.98. The largest absolute Gasteiger partial charge is 0.367 e. The molecule has 0 bridgehead atoms. The van der Waals surface area contributed by atoms with Gasteiger partial charge in [0.15, 0.2) is 5.65 Å². The highest BCUT2D eigenvalue weighted by molar-refractivity contribution is 7.09. The number of hydrogen-bond acceptors (Lipinski definition) is 6. The van der Waals surface area contributed by atoms with E-state index in [0.717, 1.165) is 40.8 Å². The Labute approximate surface area is 132 Å². The topological polar surface area (TPSA) is 56.1 Å². The predicted octanol–water partition coefficient (Wildman–Crippen LogP) is 2.31. The molecule has 1 atom stereocenters. The van der Waals surface area contributed by atoms with Crippen LogP contribution in [0.2, 0.25) is 0 Å². The lowest BCUT2D eigenvalue weighted by molar-refractivity contribution is 0.0393. The molecule has 0 aromatic carbocycles. The van der Waals surface area contributed by atoms with Crippen LogP contribution in [0.3, 0.4) is 0 Å². The number of morpholine rings is 1. The fourth-order valence-electron chi connectivity index (χ4n) is 2.71. The van der Waals surface area contributed by atoms with E-state index in [0.29, 0.717) is 6.61 Å². The summed E-state index contributed by atoms with van der Waals surface area (Å²) in [4.78, 5) is 15.8. The molecule has 0 saturated carbocycles. The summed E-state index contributed by atoms with van der Waals surface area (Å²) in [6.45, 7) is 4.31. The van der Waals surface area contributed by atoms with Crippen molar-refractivity contribution in [3.63, 3.8) is 0 Å². The number of anilines is 1. The molecule has 0 amide bonds. The van der Waals surface area contributed by atoms with Crippen molar-refractivity contribution < 1.29 is 4.74 Å². The summed E-state index contributed by atoms with van der Waals surface area (Å²) >= 11 is 1.66. The van der Waals surface area contributed by atoms with Crippen molar-refractivity contribution in [2.45, 2.75) is 13.0 Å². The van der Waals surface area contributed by atoms with E-state index in [1.165, 1.54) is 0 Å². The molecule has 3 aromatic rings. The van der Waals surface area contributed by atoms with Crippen LogP contribution < -0.4 is 4.90 Å². The average molecular weight is 315 g/mol. The van der Waals surface area contributed by atoms with Crippen molar-refractivity contribution in [3.8, 4) is 0 Å². The van der Waals surface area contributed by atoms with Gasteiger partial charge < -0.3 is 14.2 Å². The van der Waals surface area contributed by atoms with Gasteiger partial charge in [0.05, 0.1) is 25.0 Å². The molecule has 7 heteroatoms. The van der Waals surface area contributed by atoms with Crippen LogP contribution >= 0.6 is 11.3 Å². The lowest BCUT2D eigenvalue weighted by Crippen LogP contribution is -2.38. The number of hydrogen-bond donors (Lipinski definition) is 0. The van der Waals surface area contributed by atoms with Gasteiger partial charge in [-0.1, -0.05) is 0 Å². The van der Waals surface area contributed by atoms with E-state index in [1.807, 2.05) is 18.5 Å². The Morgan fingerprint density at radius 2 is 2.23 bits per heavy atom. The first-order valence-electron chi connectivity index (χ1n) is 7.27. The number of thiazole rings is 1. The summed E-state index contributed by atoms with van der Waals surface area (Å²) in [5.74, 6) is 0.952. The summed E-state index contributed by atoms with van der Waals surface area (Å²) in [5.41, 5.74) is 2.88. The number of ether oxygens (including phenoxy) is 1. The highest BCUT2D eigenvalue weighted by Gasteiger charge is 2.25. The highest BCUT2D eigenvalue weighted by atomic mass is 32.1. The van der Waals surface area contributed by atoms with Gasteiger partial charge in [0.2, 0.25) is 0 Å². The molecule has 1 fully saturated rings. The number of rotatable bonds is 2. The van der Waals surface area contributed by atoms with Crippen molar-refractivity contribution in [3.05, 3.63) is 34.5 Å². The minimum atomic E-state index is 0.0219. The smallest absolute Gasteiger partial charge is 0.179 e. The van der Waals surface area contributed by atoms with Crippen LogP contribution in [0.25, 0.3) is 11.2 Å². The molecule has 4 rings (SSSR count). The van der Waals surface area contributed by atoms with Crippen molar-refractivity contribution in [2.24, 2.45) is 7.05 Å². The zero-order valence-electron chi connectivity index (χ0n) is 12.6. The third kappa shape index (κ3) is 2.36. The van der Waals surface area contributed by atoms with Gasteiger partial charge in [-0.15, -0.1) is 11.3 Å². The molecule has 1 aliphatic heterocycles. The van der Waals surface area contributed by atoms with Gasteiger partial charge in [0, 0.05) is 24.7 Å². The number of aromatic nitrogens is 4. The number of pyridine rings is 1. The van der Waals surface area contributed by atoms with Gasteiger partial charge in [0.1, 0.15) is 16.9 Å². The molecule has 0 aliphatic carbocycles. The second-order valence-electron chi connectivity index (χ2n) is 5.50. The van der Waals surface area contributed by atoms with E-state index >= 15 is 0 Å². The van der Waals surface area contributed by atoms with Gasteiger partial charge in [0.25, 0.3) is 0 Å². The fraction of sp³-hybridized carbons (Fsp3) is 0.400. The monoisotopic (exact) mass is 315 g/mol. The zero-order valence-corrected chi connectivity index (χ0v) is 13.4. The zero-order chi connectivity index (χ0) is 15.1. The Balaban J connectivity index is 1.60. The molecule has 0 N–H and O–H groups in total. The molecule has 1 saturated heterocycles. The van der Waals surface area contributed by atoms with Crippen molar-refractivity contribution in [2.75, 3.05) is 24.6 Å². The predicted molar refractivity (Wildman–Crippen MR) is 86.3 cm³/mol. The Bertz CT molecular complexity index is 811. The second-order valence-corrected chi connectivity index (χ2v) is 6.39. The van der Waals surface area contributed by atoms with E-state index in [4.69, 9.17) is 4.74 Å². The summed E-state index contributed by atoms with van der Waals surface area (Å²) < 4.78 is 7.86. The molecule has 0 radical (unpaired) electrons. The van der Waals surface area contributed by atoms with Crippen LogP contribution in [0, 0.1) is 6.92 Å². The molecule has 0 spiro atoms.